The average molecular weight is 238 g/mol. The molecule has 0 aliphatic carbocycles. The van der Waals surface area contributed by atoms with Gasteiger partial charge in [0.2, 0.25) is 5.91 Å². The lowest BCUT2D eigenvalue weighted by molar-refractivity contribution is -0.120. The Kier molecular flexibility index (Phi) is 4.94. The molecule has 1 atom stereocenters. The zero-order valence-corrected chi connectivity index (χ0v) is 10.5. The van der Waals surface area contributed by atoms with Crippen molar-refractivity contribution in [3.63, 3.8) is 0 Å². The van der Waals surface area contributed by atoms with E-state index in [0.29, 0.717) is 11.6 Å². The maximum atomic E-state index is 13.2. The first-order valence-corrected chi connectivity index (χ1v) is 5.78. The molecule has 0 saturated carbocycles. The van der Waals surface area contributed by atoms with E-state index in [4.69, 9.17) is 0 Å². The molecule has 94 valence electrons. The molecule has 0 aromatic heterocycles. The summed E-state index contributed by atoms with van der Waals surface area (Å²) in [6, 6.07) is 6.41. The van der Waals surface area contributed by atoms with Gasteiger partial charge >= 0.3 is 0 Å². The molecular weight excluding hydrogens is 219 g/mol. The van der Waals surface area contributed by atoms with Crippen LogP contribution in [0.5, 0.6) is 0 Å². The predicted molar refractivity (Wildman–Crippen MR) is 67.3 cm³/mol. The first kappa shape index (κ1) is 13.5. The van der Waals surface area contributed by atoms with Gasteiger partial charge in [-0.1, -0.05) is 26.0 Å². The molecule has 1 rings (SSSR count). The number of hydrogen-bond donors (Lipinski definition) is 2. The molecule has 4 heteroatoms. The number of carbonyl (C=O) groups excluding carboxylic acids is 1. The summed E-state index contributed by atoms with van der Waals surface area (Å²) in [5.74, 6) is -0.0981. The average Bonchev–Trinajstić information content (AvgIpc) is 2.27. The Hall–Kier alpha value is -1.58. The number of benzene rings is 1. The number of amides is 1. The zero-order chi connectivity index (χ0) is 12.8. The van der Waals surface area contributed by atoms with Gasteiger partial charge in [-0.2, -0.15) is 0 Å². The molecule has 3 nitrogen and oxygen atoms in total. The van der Waals surface area contributed by atoms with Crippen LogP contribution in [0.2, 0.25) is 0 Å². The van der Waals surface area contributed by atoms with Crippen LogP contribution in [0.1, 0.15) is 20.8 Å². The molecule has 1 unspecified atom stereocenters. The largest absolute Gasteiger partial charge is 0.374 e. The van der Waals surface area contributed by atoms with E-state index < -0.39 is 0 Å². The van der Waals surface area contributed by atoms with Crippen molar-refractivity contribution in [2.75, 3.05) is 11.9 Å². The quantitative estimate of drug-likeness (QED) is 0.827. The summed E-state index contributed by atoms with van der Waals surface area (Å²) in [5, 5.41) is 5.62. The summed E-state index contributed by atoms with van der Waals surface area (Å²) in [6.07, 6.45) is 0. The van der Waals surface area contributed by atoms with E-state index in [-0.39, 0.29) is 24.3 Å². The molecule has 17 heavy (non-hydrogen) atoms. The van der Waals surface area contributed by atoms with E-state index in [2.05, 4.69) is 10.6 Å². The van der Waals surface area contributed by atoms with Crippen LogP contribution in [0.4, 0.5) is 10.1 Å². The number of carbonyl (C=O) groups is 1. The SMILES string of the molecule is CC(C)C(C)NC(=O)CNc1ccccc1F. The van der Waals surface area contributed by atoms with Gasteiger partial charge in [0.25, 0.3) is 0 Å². The number of rotatable bonds is 5. The second-order valence-electron chi connectivity index (χ2n) is 4.43. The molecule has 0 bridgehead atoms. The Labute approximate surface area is 101 Å². The van der Waals surface area contributed by atoms with Crippen molar-refractivity contribution < 1.29 is 9.18 Å². The molecular formula is C13H19FN2O. The Bertz CT molecular complexity index is 379. The fraction of sp³-hybridized carbons (Fsp3) is 0.462. The van der Waals surface area contributed by atoms with Gasteiger partial charge in [-0.05, 0) is 25.0 Å². The second-order valence-corrected chi connectivity index (χ2v) is 4.43. The van der Waals surface area contributed by atoms with Gasteiger partial charge in [-0.15, -0.1) is 0 Å². The van der Waals surface area contributed by atoms with Crippen molar-refractivity contribution >= 4 is 11.6 Å². The molecule has 2 N–H and O–H groups in total. The maximum Gasteiger partial charge on any atom is 0.239 e. The van der Waals surface area contributed by atoms with Crippen molar-refractivity contribution in [2.24, 2.45) is 5.92 Å². The van der Waals surface area contributed by atoms with Gasteiger partial charge in [-0.3, -0.25) is 4.79 Å². The molecule has 1 amide bonds. The van der Waals surface area contributed by atoms with Crippen LogP contribution >= 0.6 is 0 Å². The first-order chi connectivity index (χ1) is 8.00. The molecule has 1 aromatic carbocycles. The van der Waals surface area contributed by atoms with E-state index in [1.807, 2.05) is 20.8 Å². The maximum absolute atomic E-state index is 13.2. The summed E-state index contributed by atoms with van der Waals surface area (Å²) >= 11 is 0. The Balaban J connectivity index is 2.41. The standard InChI is InChI=1S/C13H19FN2O/c1-9(2)10(3)16-13(17)8-15-12-7-5-4-6-11(12)14/h4-7,9-10,15H,8H2,1-3H3,(H,16,17). The fourth-order valence-corrected chi connectivity index (χ4v) is 1.25. The summed E-state index contributed by atoms with van der Waals surface area (Å²) in [7, 11) is 0. The van der Waals surface area contributed by atoms with Crippen LogP contribution in [0, 0.1) is 11.7 Å². The van der Waals surface area contributed by atoms with E-state index in [0.717, 1.165) is 0 Å². The van der Waals surface area contributed by atoms with Gasteiger partial charge in [0.05, 0.1) is 12.2 Å². The lowest BCUT2D eigenvalue weighted by Crippen LogP contribution is -2.39. The molecule has 0 aliphatic heterocycles. The minimum absolute atomic E-state index is 0.0813. The van der Waals surface area contributed by atoms with Crippen LogP contribution in [0.15, 0.2) is 24.3 Å². The lowest BCUT2D eigenvalue weighted by atomic mass is 10.1. The third-order valence-electron chi connectivity index (χ3n) is 2.70. The molecule has 0 heterocycles. The number of nitrogens with one attached hydrogen (secondary N) is 2. The fourth-order valence-electron chi connectivity index (χ4n) is 1.25. The predicted octanol–water partition coefficient (Wildman–Crippen LogP) is 2.40. The highest BCUT2D eigenvalue weighted by molar-refractivity contribution is 5.80. The number of para-hydroxylation sites is 1. The van der Waals surface area contributed by atoms with E-state index in [1.54, 1.807) is 18.2 Å². The Morgan fingerprint density at radius 2 is 1.94 bits per heavy atom. The first-order valence-electron chi connectivity index (χ1n) is 5.78. The van der Waals surface area contributed by atoms with Crippen molar-refractivity contribution in [1.82, 2.24) is 5.32 Å². The van der Waals surface area contributed by atoms with E-state index >= 15 is 0 Å². The van der Waals surface area contributed by atoms with Gasteiger partial charge < -0.3 is 10.6 Å². The highest BCUT2D eigenvalue weighted by Crippen LogP contribution is 2.11. The molecule has 0 saturated heterocycles. The van der Waals surface area contributed by atoms with Crippen molar-refractivity contribution in [1.29, 1.82) is 0 Å². The van der Waals surface area contributed by atoms with Crippen molar-refractivity contribution in [3.8, 4) is 0 Å². The third kappa shape index (κ3) is 4.43. The zero-order valence-electron chi connectivity index (χ0n) is 10.5. The monoisotopic (exact) mass is 238 g/mol. The molecule has 0 fully saturated rings. The van der Waals surface area contributed by atoms with E-state index in [9.17, 15) is 9.18 Å². The van der Waals surface area contributed by atoms with Gasteiger partial charge in [0.1, 0.15) is 5.82 Å². The lowest BCUT2D eigenvalue weighted by Gasteiger charge is -2.17. The van der Waals surface area contributed by atoms with Crippen LogP contribution < -0.4 is 10.6 Å². The second kappa shape index (κ2) is 6.23. The normalized spacial score (nSPS) is 12.3. The number of anilines is 1. The smallest absolute Gasteiger partial charge is 0.239 e. The molecule has 0 radical (unpaired) electrons. The summed E-state index contributed by atoms with van der Waals surface area (Å²) in [6.45, 7) is 6.11. The topological polar surface area (TPSA) is 41.1 Å². The summed E-state index contributed by atoms with van der Waals surface area (Å²) in [4.78, 5) is 11.5. The minimum Gasteiger partial charge on any atom is -0.374 e. The summed E-state index contributed by atoms with van der Waals surface area (Å²) < 4.78 is 13.2. The number of halogens is 1. The van der Waals surface area contributed by atoms with Crippen LogP contribution in [0.3, 0.4) is 0 Å². The third-order valence-corrected chi connectivity index (χ3v) is 2.70. The van der Waals surface area contributed by atoms with Crippen LogP contribution in [-0.2, 0) is 4.79 Å². The van der Waals surface area contributed by atoms with Crippen molar-refractivity contribution in [2.45, 2.75) is 26.8 Å². The van der Waals surface area contributed by atoms with Gasteiger partial charge in [0, 0.05) is 6.04 Å². The highest BCUT2D eigenvalue weighted by Gasteiger charge is 2.10. The van der Waals surface area contributed by atoms with Gasteiger partial charge in [0.15, 0.2) is 0 Å². The Morgan fingerprint density at radius 1 is 1.29 bits per heavy atom. The minimum atomic E-state index is -0.350. The van der Waals surface area contributed by atoms with Crippen LogP contribution in [0.25, 0.3) is 0 Å². The van der Waals surface area contributed by atoms with Crippen LogP contribution in [-0.4, -0.2) is 18.5 Å². The number of hydrogen-bond acceptors (Lipinski definition) is 2. The summed E-state index contributed by atoms with van der Waals surface area (Å²) in [5.41, 5.74) is 0.347. The highest BCUT2D eigenvalue weighted by atomic mass is 19.1. The van der Waals surface area contributed by atoms with Gasteiger partial charge in [-0.25, -0.2) is 4.39 Å². The molecule has 0 aliphatic rings. The van der Waals surface area contributed by atoms with E-state index in [1.165, 1.54) is 6.07 Å². The molecule has 0 spiro atoms. The van der Waals surface area contributed by atoms with Crippen molar-refractivity contribution in [3.05, 3.63) is 30.1 Å². The molecule has 1 aromatic rings. The Morgan fingerprint density at radius 3 is 2.53 bits per heavy atom.